The predicted octanol–water partition coefficient (Wildman–Crippen LogP) is 2.13. The van der Waals surface area contributed by atoms with Crippen molar-refractivity contribution in [3.8, 4) is 0 Å². The summed E-state index contributed by atoms with van der Waals surface area (Å²) >= 11 is 0. The summed E-state index contributed by atoms with van der Waals surface area (Å²) in [4.78, 5) is 0. The van der Waals surface area contributed by atoms with Gasteiger partial charge in [-0.05, 0) is 18.2 Å². The Morgan fingerprint density at radius 3 is 2.29 bits per heavy atom. The van der Waals surface area contributed by atoms with Crippen molar-refractivity contribution in [2.75, 3.05) is 0 Å². The van der Waals surface area contributed by atoms with Crippen molar-refractivity contribution in [3.63, 3.8) is 0 Å². The lowest BCUT2D eigenvalue weighted by Crippen LogP contribution is -2.19. The molecule has 0 aromatic heterocycles. The summed E-state index contributed by atoms with van der Waals surface area (Å²) < 4.78 is 49.3. The lowest BCUT2D eigenvalue weighted by molar-refractivity contribution is -0.137. The molecule has 1 aromatic rings. The highest BCUT2D eigenvalue weighted by Crippen LogP contribution is 2.32. The van der Waals surface area contributed by atoms with Crippen LogP contribution in [-0.2, 0) is 6.18 Å². The molecule has 0 bridgehead atoms. The highest BCUT2D eigenvalue weighted by molar-refractivity contribution is 5.96. The van der Waals surface area contributed by atoms with Crippen molar-refractivity contribution in [1.29, 1.82) is 5.41 Å². The Hall–Kier alpha value is -1.59. The highest BCUT2D eigenvalue weighted by Gasteiger charge is 2.34. The molecule has 6 heteroatoms. The predicted molar refractivity (Wildman–Crippen MR) is 42.4 cm³/mol. The van der Waals surface area contributed by atoms with E-state index in [1.54, 1.807) is 0 Å². The van der Waals surface area contributed by atoms with Crippen LogP contribution in [0.3, 0.4) is 0 Å². The van der Waals surface area contributed by atoms with Gasteiger partial charge in [0.25, 0.3) is 0 Å². The van der Waals surface area contributed by atoms with Gasteiger partial charge in [0.2, 0.25) is 0 Å². The minimum Gasteiger partial charge on any atom is -0.384 e. The fourth-order valence-electron chi connectivity index (χ4n) is 0.986. The molecule has 1 aromatic carbocycles. The van der Waals surface area contributed by atoms with Crippen LogP contribution in [0.15, 0.2) is 18.2 Å². The highest BCUT2D eigenvalue weighted by atomic mass is 19.4. The Bertz CT molecular complexity index is 370. The SMILES string of the molecule is N=C(N)c1ccc(F)cc1C(F)(F)F. The Kier molecular flexibility index (Phi) is 2.46. The van der Waals surface area contributed by atoms with E-state index in [1.165, 1.54) is 0 Å². The molecule has 0 atom stereocenters. The lowest BCUT2D eigenvalue weighted by atomic mass is 10.1. The van der Waals surface area contributed by atoms with Crippen LogP contribution < -0.4 is 5.73 Å². The number of hydrogen-bond donors (Lipinski definition) is 2. The molecule has 3 N–H and O–H groups in total. The number of benzene rings is 1. The monoisotopic (exact) mass is 206 g/mol. The normalized spacial score (nSPS) is 11.4. The van der Waals surface area contributed by atoms with Gasteiger partial charge in [-0.15, -0.1) is 0 Å². The van der Waals surface area contributed by atoms with Crippen LogP contribution in [0.5, 0.6) is 0 Å². The number of halogens is 4. The van der Waals surface area contributed by atoms with E-state index in [4.69, 9.17) is 11.1 Å². The zero-order valence-corrected chi connectivity index (χ0v) is 6.82. The van der Waals surface area contributed by atoms with Crippen LogP contribution in [0, 0.1) is 11.2 Å². The number of nitrogen functional groups attached to an aromatic ring is 1. The van der Waals surface area contributed by atoms with Gasteiger partial charge in [-0.3, -0.25) is 5.41 Å². The van der Waals surface area contributed by atoms with Gasteiger partial charge in [0.15, 0.2) is 0 Å². The first-order valence-corrected chi connectivity index (χ1v) is 3.53. The second-order valence-electron chi connectivity index (χ2n) is 2.60. The van der Waals surface area contributed by atoms with Crippen LogP contribution in [0.1, 0.15) is 11.1 Å². The first-order chi connectivity index (χ1) is 6.32. The molecule has 2 nitrogen and oxygen atoms in total. The number of nitrogens with two attached hydrogens (primary N) is 1. The topological polar surface area (TPSA) is 49.9 Å². The van der Waals surface area contributed by atoms with E-state index in [9.17, 15) is 17.6 Å². The molecule has 0 spiro atoms. The van der Waals surface area contributed by atoms with Gasteiger partial charge in [0.1, 0.15) is 11.7 Å². The lowest BCUT2D eigenvalue weighted by Gasteiger charge is -2.11. The summed E-state index contributed by atoms with van der Waals surface area (Å²) in [5.41, 5.74) is 3.18. The molecule has 76 valence electrons. The van der Waals surface area contributed by atoms with Gasteiger partial charge in [-0.2, -0.15) is 13.2 Å². The number of amidine groups is 1. The second-order valence-corrected chi connectivity index (χ2v) is 2.60. The summed E-state index contributed by atoms with van der Waals surface area (Å²) in [6.45, 7) is 0. The third kappa shape index (κ3) is 2.01. The second kappa shape index (κ2) is 3.28. The van der Waals surface area contributed by atoms with Crippen molar-refractivity contribution in [2.24, 2.45) is 5.73 Å². The molecule has 0 unspecified atom stereocenters. The molecule has 0 heterocycles. The summed E-state index contributed by atoms with van der Waals surface area (Å²) in [5.74, 6) is -1.75. The average molecular weight is 206 g/mol. The van der Waals surface area contributed by atoms with Crippen LogP contribution in [-0.4, -0.2) is 5.84 Å². The van der Waals surface area contributed by atoms with Gasteiger partial charge in [-0.1, -0.05) is 0 Å². The van der Waals surface area contributed by atoms with Crippen molar-refractivity contribution in [1.82, 2.24) is 0 Å². The number of nitrogens with one attached hydrogen (secondary N) is 1. The van der Waals surface area contributed by atoms with Crippen LogP contribution in [0.25, 0.3) is 0 Å². The zero-order chi connectivity index (χ0) is 10.9. The molecule has 0 aliphatic carbocycles. The standard InChI is InChI=1S/C8H6F4N2/c9-4-1-2-5(7(13)14)6(3-4)8(10,11)12/h1-3H,(H3,13,14). The van der Waals surface area contributed by atoms with E-state index in [0.717, 1.165) is 12.1 Å². The number of rotatable bonds is 1. The summed E-state index contributed by atoms with van der Waals surface area (Å²) in [6.07, 6.45) is -4.71. The van der Waals surface area contributed by atoms with Crippen molar-refractivity contribution < 1.29 is 17.6 Å². The maximum Gasteiger partial charge on any atom is 0.417 e. The fraction of sp³-hybridized carbons (Fsp3) is 0.125. The van der Waals surface area contributed by atoms with Crippen molar-refractivity contribution in [2.45, 2.75) is 6.18 Å². The van der Waals surface area contributed by atoms with E-state index in [2.05, 4.69) is 0 Å². The summed E-state index contributed by atoms with van der Waals surface area (Å²) in [7, 11) is 0. The van der Waals surface area contributed by atoms with E-state index in [0.29, 0.717) is 6.07 Å². The van der Waals surface area contributed by atoms with E-state index in [1.807, 2.05) is 0 Å². The molecule has 14 heavy (non-hydrogen) atoms. The third-order valence-corrected chi connectivity index (χ3v) is 1.58. The number of alkyl halides is 3. The summed E-state index contributed by atoms with van der Waals surface area (Å²) in [6, 6.07) is 1.98. The minimum atomic E-state index is -4.71. The Balaban J connectivity index is 3.38. The van der Waals surface area contributed by atoms with E-state index >= 15 is 0 Å². The molecular formula is C8H6F4N2. The smallest absolute Gasteiger partial charge is 0.384 e. The van der Waals surface area contributed by atoms with Crippen molar-refractivity contribution in [3.05, 3.63) is 35.1 Å². The molecule has 0 aliphatic rings. The van der Waals surface area contributed by atoms with E-state index < -0.39 is 29.0 Å². The maximum atomic E-state index is 12.5. The van der Waals surface area contributed by atoms with E-state index in [-0.39, 0.29) is 0 Å². The molecule has 0 saturated heterocycles. The van der Waals surface area contributed by atoms with Gasteiger partial charge in [0, 0.05) is 5.56 Å². The van der Waals surface area contributed by atoms with Crippen LogP contribution in [0.4, 0.5) is 17.6 Å². The molecule has 0 radical (unpaired) electrons. The quantitative estimate of drug-likeness (QED) is 0.412. The first kappa shape index (κ1) is 10.5. The zero-order valence-electron chi connectivity index (χ0n) is 6.82. The molecular weight excluding hydrogens is 200 g/mol. The number of hydrogen-bond acceptors (Lipinski definition) is 1. The van der Waals surface area contributed by atoms with Gasteiger partial charge in [-0.25, -0.2) is 4.39 Å². The largest absolute Gasteiger partial charge is 0.417 e. The average Bonchev–Trinajstić information content (AvgIpc) is 2.01. The Morgan fingerprint density at radius 2 is 1.86 bits per heavy atom. The van der Waals surface area contributed by atoms with Crippen LogP contribution >= 0.6 is 0 Å². The first-order valence-electron chi connectivity index (χ1n) is 3.53. The minimum absolute atomic E-state index is 0.316. The van der Waals surface area contributed by atoms with Crippen molar-refractivity contribution >= 4 is 5.84 Å². The molecule has 1 rings (SSSR count). The molecule has 0 amide bonds. The molecule has 0 saturated carbocycles. The van der Waals surface area contributed by atoms with Gasteiger partial charge >= 0.3 is 6.18 Å². The third-order valence-electron chi connectivity index (χ3n) is 1.58. The van der Waals surface area contributed by atoms with Gasteiger partial charge in [0.05, 0.1) is 5.56 Å². The summed E-state index contributed by atoms with van der Waals surface area (Å²) in [5, 5.41) is 6.88. The van der Waals surface area contributed by atoms with Crippen LogP contribution in [0.2, 0.25) is 0 Å². The Labute approximate surface area is 76.8 Å². The maximum absolute atomic E-state index is 12.5. The molecule has 0 fully saturated rings. The Morgan fingerprint density at radius 1 is 1.29 bits per heavy atom. The fourth-order valence-corrected chi connectivity index (χ4v) is 0.986. The van der Waals surface area contributed by atoms with Gasteiger partial charge < -0.3 is 5.73 Å². The molecule has 0 aliphatic heterocycles.